The Hall–Kier alpha value is -3.20. The zero-order chi connectivity index (χ0) is 21.7. The fraction of sp³-hybridized carbons (Fsp3) is 0.409. The van der Waals surface area contributed by atoms with Crippen LogP contribution in [0.5, 0.6) is 0 Å². The van der Waals surface area contributed by atoms with Gasteiger partial charge in [-0.3, -0.25) is 14.5 Å². The summed E-state index contributed by atoms with van der Waals surface area (Å²) in [5.41, 5.74) is 3.18. The van der Waals surface area contributed by atoms with Crippen LogP contribution in [0.15, 0.2) is 35.4 Å². The van der Waals surface area contributed by atoms with Crippen molar-refractivity contribution in [3.05, 3.63) is 63.7 Å². The van der Waals surface area contributed by atoms with Gasteiger partial charge in [0.25, 0.3) is 11.5 Å². The Morgan fingerprint density at radius 2 is 2.10 bits per heavy atom. The molecule has 0 spiro atoms. The normalized spacial score (nSPS) is 20.7. The standard InChI is InChI=1S/C22H25FN6O2/c1-3-13-11-28-7-6-14(20(28)26-21(13)30)12-27-8-9-29(18-10-17(18)27)16-5-4-15(22(31)24-2)25-19(16)23/h4-7,11,17-18H,3,8-10,12H2,1-2H3,(H,24,31)(H,26,30). The number of carbonyl (C=O) groups excluding carboxylic acids is 1. The smallest absolute Gasteiger partial charge is 0.269 e. The molecule has 2 unspecified atom stereocenters. The third kappa shape index (κ3) is 3.38. The van der Waals surface area contributed by atoms with Crippen molar-refractivity contribution in [2.45, 2.75) is 38.4 Å². The van der Waals surface area contributed by atoms with Gasteiger partial charge in [-0.2, -0.15) is 4.39 Å². The van der Waals surface area contributed by atoms with Crippen molar-refractivity contribution in [1.29, 1.82) is 0 Å². The van der Waals surface area contributed by atoms with E-state index in [1.165, 1.54) is 7.05 Å². The van der Waals surface area contributed by atoms with Gasteiger partial charge in [0.1, 0.15) is 11.3 Å². The summed E-state index contributed by atoms with van der Waals surface area (Å²) < 4.78 is 16.6. The summed E-state index contributed by atoms with van der Waals surface area (Å²) in [7, 11) is 1.50. The van der Waals surface area contributed by atoms with Crippen LogP contribution in [0.2, 0.25) is 0 Å². The quantitative estimate of drug-likeness (QED) is 0.607. The van der Waals surface area contributed by atoms with Crippen molar-refractivity contribution in [1.82, 2.24) is 24.6 Å². The maximum atomic E-state index is 14.6. The number of aromatic amines is 1. The Morgan fingerprint density at radius 1 is 1.26 bits per heavy atom. The number of halogens is 1. The van der Waals surface area contributed by atoms with E-state index in [2.05, 4.69) is 31.2 Å². The summed E-state index contributed by atoms with van der Waals surface area (Å²) in [4.78, 5) is 35.2. The number of aromatic nitrogens is 3. The van der Waals surface area contributed by atoms with Gasteiger partial charge in [0, 0.05) is 62.3 Å². The third-order valence-corrected chi connectivity index (χ3v) is 6.39. The Bertz CT molecular complexity index is 1220. The zero-order valence-electron chi connectivity index (χ0n) is 17.6. The van der Waals surface area contributed by atoms with Gasteiger partial charge in [0.15, 0.2) is 0 Å². The predicted molar refractivity (Wildman–Crippen MR) is 115 cm³/mol. The van der Waals surface area contributed by atoms with Crippen LogP contribution in [-0.4, -0.2) is 57.4 Å². The summed E-state index contributed by atoms with van der Waals surface area (Å²) in [6, 6.07) is 5.83. The molecular weight excluding hydrogens is 399 g/mol. The van der Waals surface area contributed by atoms with E-state index in [0.29, 0.717) is 24.7 Å². The molecule has 31 heavy (non-hydrogen) atoms. The molecule has 0 bridgehead atoms. The molecule has 2 N–H and O–H groups in total. The number of hydrogen-bond acceptors (Lipinski definition) is 5. The lowest BCUT2D eigenvalue weighted by atomic mass is 10.2. The minimum atomic E-state index is -0.608. The van der Waals surface area contributed by atoms with E-state index >= 15 is 0 Å². The van der Waals surface area contributed by atoms with Crippen LogP contribution >= 0.6 is 0 Å². The molecule has 162 valence electrons. The third-order valence-electron chi connectivity index (χ3n) is 6.39. The van der Waals surface area contributed by atoms with E-state index < -0.39 is 11.9 Å². The van der Waals surface area contributed by atoms with Crippen LogP contribution in [0.3, 0.4) is 0 Å². The van der Waals surface area contributed by atoms with Gasteiger partial charge in [0.05, 0.1) is 5.69 Å². The summed E-state index contributed by atoms with van der Waals surface area (Å²) in [5, 5.41) is 2.46. The van der Waals surface area contributed by atoms with Crippen molar-refractivity contribution in [3.8, 4) is 0 Å². The average molecular weight is 424 g/mol. The molecule has 2 fully saturated rings. The first-order valence-corrected chi connectivity index (χ1v) is 10.6. The lowest BCUT2D eigenvalue weighted by Gasteiger charge is -2.35. The molecule has 1 aliphatic heterocycles. The molecule has 2 atom stereocenters. The van der Waals surface area contributed by atoms with E-state index in [4.69, 9.17) is 0 Å². The van der Waals surface area contributed by atoms with Crippen molar-refractivity contribution < 1.29 is 9.18 Å². The number of piperazine rings is 1. The van der Waals surface area contributed by atoms with Crippen molar-refractivity contribution >= 4 is 17.2 Å². The topological polar surface area (TPSA) is 85.7 Å². The molecule has 8 nitrogen and oxygen atoms in total. The number of anilines is 1. The predicted octanol–water partition coefficient (Wildman–Crippen LogP) is 1.55. The summed E-state index contributed by atoms with van der Waals surface area (Å²) in [6.45, 7) is 4.18. The second-order valence-corrected chi connectivity index (χ2v) is 8.18. The number of aryl methyl sites for hydroxylation is 1. The fourth-order valence-electron chi connectivity index (χ4n) is 4.61. The molecule has 4 heterocycles. The van der Waals surface area contributed by atoms with Gasteiger partial charge in [0.2, 0.25) is 5.95 Å². The highest BCUT2D eigenvalue weighted by molar-refractivity contribution is 5.92. The average Bonchev–Trinajstić information content (AvgIpc) is 3.50. The number of amides is 1. The summed E-state index contributed by atoms with van der Waals surface area (Å²) >= 11 is 0. The Morgan fingerprint density at radius 3 is 2.84 bits per heavy atom. The molecule has 1 aliphatic carbocycles. The van der Waals surface area contributed by atoms with Crippen LogP contribution in [-0.2, 0) is 13.0 Å². The first-order valence-electron chi connectivity index (χ1n) is 10.6. The Labute approximate surface area is 178 Å². The minimum Gasteiger partial charge on any atom is -0.362 e. The van der Waals surface area contributed by atoms with Crippen LogP contribution in [0.4, 0.5) is 10.1 Å². The molecule has 1 saturated carbocycles. The molecule has 1 saturated heterocycles. The van der Waals surface area contributed by atoms with Gasteiger partial charge in [-0.25, -0.2) is 4.98 Å². The van der Waals surface area contributed by atoms with Gasteiger partial charge >= 0.3 is 0 Å². The van der Waals surface area contributed by atoms with Gasteiger partial charge in [-0.1, -0.05) is 6.92 Å². The first-order chi connectivity index (χ1) is 15.0. The lowest BCUT2D eigenvalue weighted by Crippen LogP contribution is -2.46. The highest BCUT2D eigenvalue weighted by Crippen LogP contribution is 2.40. The number of pyridine rings is 1. The van der Waals surface area contributed by atoms with E-state index in [9.17, 15) is 14.0 Å². The molecule has 1 amide bonds. The number of H-pyrrole nitrogens is 1. The lowest BCUT2D eigenvalue weighted by molar-refractivity contribution is 0.0957. The Balaban J connectivity index is 1.32. The monoisotopic (exact) mass is 424 g/mol. The van der Waals surface area contributed by atoms with Crippen LogP contribution in [0.25, 0.3) is 5.65 Å². The van der Waals surface area contributed by atoms with Crippen LogP contribution in [0.1, 0.15) is 35.0 Å². The zero-order valence-corrected chi connectivity index (χ0v) is 17.6. The molecule has 2 aliphatic rings. The second-order valence-electron chi connectivity index (χ2n) is 8.18. The largest absolute Gasteiger partial charge is 0.362 e. The van der Waals surface area contributed by atoms with E-state index in [0.717, 1.165) is 36.3 Å². The van der Waals surface area contributed by atoms with Crippen molar-refractivity contribution in [2.75, 3.05) is 25.0 Å². The van der Waals surface area contributed by atoms with E-state index in [-0.39, 0.29) is 17.3 Å². The molecular formula is C22H25FN6O2. The highest BCUT2D eigenvalue weighted by Gasteiger charge is 2.49. The van der Waals surface area contributed by atoms with Crippen molar-refractivity contribution in [3.63, 3.8) is 0 Å². The Kier molecular flexibility index (Phi) is 4.77. The number of nitrogens with zero attached hydrogens (tertiary/aromatic N) is 4. The minimum absolute atomic E-state index is 0.0350. The van der Waals surface area contributed by atoms with Gasteiger partial charge in [-0.05, 0) is 31.0 Å². The van der Waals surface area contributed by atoms with Gasteiger partial charge in [-0.15, -0.1) is 0 Å². The maximum absolute atomic E-state index is 14.6. The molecule has 0 aromatic carbocycles. The van der Waals surface area contributed by atoms with E-state index in [1.807, 2.05) is 23.7 Å². The fourth-order valence-corrected chi connectivity index (χ4v) is 4.61. The van der Waals surface area contributed by atoms with Crippen molar-refractivity contribution in [2.24, 2.45) is 0 Å². The molecule has 0 radical (unpaired) electrons. The second kappa shape index (κ2) is 7.49. The molecule has 3 aromatic rings. The number of hydrogen-bond donors (Lipinski definition) is 2. The molecule has 5 rings (SSSR count). The van der Waals surface area contributed by atoms with Crippen LogP contribution in [0, 0.1) is 5.95 Å². The highest BCUT2D eigenvalue weighted by atomic mass is 19.1. The van der Waals surface area contributed by atoms with Crippen LogP contribution < -0.4 is 15.8 Å². The molecule has 3 aromatic heterocycles. The summed E-state index contributed by atoms with van der Waals surface area (Å²) in [6.07, 6.45) is 5.53. The maximum Gasteiger partial charge on any atom is 0.269 e. The SMILES string of the molecule is CCc1cn2ccc(CN3CCN(c4ccc(C(=O)NC)nc4F)C4CC43)c2[nH]c1=O. The number of carbonyl (C=O) groups is 1. The number of fused-ring (bicyclic) bond motifs is 2. The number of rotatable bonds is 5. The van der Waals surface area contributed by atoms with E-state index in [1.54, 1.807) is 12.1 Å². The number of nitrogens with one attached hydrogen (secondary N) is 2. The summed E-state index contributed by atoms with van der Waals surface area (Å²) in [5.74, 6) is -1.01. The first kappa shape index (κ1) is 19.7. The van der Waals surface area contributed by atoms with Gasteiger partial charge < -0.3 is 19.6 Å². The molecule has 9 heteroatoms.